The number of hydrogen-bond donors (Lipinski definition) is 4. The molecule has 4 saturated carbocycles. The number of amides is 2. The van der Waals surface area contributed by atoms with Gasteiger partial charge in [0.1, 0.15) is 0 Å². The van der Waals surface area contributed by atoms with Gasteiger partial charge in [0, 0.05) is 33.1 Å². The van der Waals surface area contributed by atoms with Crippen LogP contribution in [0.1, 0.15) is 39.0 Å². The van der Waals surface area contributed by atoms with Crippen molar-refractivity contribution in [1.82, 2.24) is 9.62 Å². The number of anilines is 1. The van der Waals surface area contributed by atoms with Crippen LogP contribution in [-0.2, 0) is 9.59 Å². The lowest BCUT2D eigenvalue weighted by molar-refractivity contribution is -0.147. The molecular weight excluding hydrogens is 591 g/mol. The number of carbonyl (C=O) groups excluding carboxylic acids is 2. The van der Waals surface area contributed by atoms with Gasteiger partial charge in [0.25, 0.3) is 0 Å². The molecule has 4 bridgehead atoms. The lowest BCUT2D eigenvalue weighted by Gasteiger charge is -2.59. The Morgan fingerprint density at radius 1 is 1.24 bits per heavy atom. The van der Waals surface area contributed by atoms with Crippen LogP contribution in [0.15, 0.2) is 18.2 Å². The minimum absolute atomic E-state index is 0.0221. The number of nitrogens with two attached hydrogens (primary N) is 1. The Morgan fingerprint density at radius 2 is 1.91 bits per heavy atom. The van der Waals surface area contributed by atoms with Crippen molar-refractivity contribution in [3.63, 3.8) is 0 Å². The Balaban J connectivity index is 1.29. The average Bonchev–Trinajstić information content (AvgIpc) is 2.73. The van der Waals surface area contributed by atoms with Gasteiger partial charge in [0.05, 0.1) is 12.2 Å². The largest absolute Gasteiger partial charge is 0.369 e. The van der Waals surface area contributed by atoms with E-state index < -0.39 is 16.4 Å². The molecule has 5 aliphatic rings. The van der Waals surface area contributed by atoms with E-state index in [0.717, 1.165) is 35.7 Å². The van der Waals surface area contributed by atoms with Gasteiger partial charge in [0.2, 0.25) is 11.8 Å². The van der Waals surface area contributed by atoms with Crippen molar-refractivity contribution < 1.29 is 18.7 Å². The van der Waals surface area contributed by atoms with Crippen molar-refractivity contribution in [2.75, 3.05) is 23.9 Å². The third-order valence-corrected chi connectivity index (χ3v) is 11.3. The zero-order chi connectivity index (χ0) is 24.4. The van der Waals surface area contributed by atoms with E-state index in [1.165, 1.54) is 4.31 Å². The van der Waals surface area contributed by atoms with Gasteiger partial charge in [-0.25, -0.2) is 0 Å². The first-order valence-electron chi connectivity index (χ1n) is 11.8. The van der Waals surface area contributed by atoms with Gasteiger partial charge in [-0.3, -0.25) is 23.0 Å². The maximum atomic E-state index is 13.2. The molecule has 34 heavy (non-hydrogen) atoms. The number of benzene rings is 1. The van der Waals surface area contributed by atoms with E-state index in [2.05, 4.69) is 27.9 Å². The normalized spacial score (nSPS) is 37.4. The number of rotatable bonds is 5. The zero-order valence-corrected chi connectivity index (χ0v) is 22.9. The number of nitrogens with one attached hydrogen (secondary N) is 1. The van der Waals surface area contributed by atoms with E-state index in [9.17, 15) is 18.7 Å². The Bertz CT molecular complexity index is 997. The van der Waals surface area contributed by atoms with Crippen LogP contribution in [0.2, 0.25) is 5.02 Å². The van der Waals surface area contributed by atoms with Crippen LogP contribution in [-0.4, -0.2) is 50.9 Å². The number of hydrogen-bond acceptors (Lipinski definition) is 6. The highest BCUT2D eigenvalue weighted by Crippen LogP contribution is 2.60. The number of halogens is 2. The van der Waals surface area contributed by atoms with Crippen LogP contribution in [0.25, 0.3) is 0 Å². The Labute approximate surface area is 220 Å². The van der Waals surface area contributed by atoms with Crippen LogP contribution < -0.4 is 15.4 Å². The zero-order valence-electron chi connectivity index (χ0n) is 19.1. The second-order valence-electron chi connectivity index (χ2n) is 10.8. The molecule has 188 valence electrons. The summed E-state index contributed by atoms with van der Waals surface area (Å²) in [5, 5.41) is 3.80. The molecule has 0 spiro atoms. The molecular formula is C23H32ClIN4O4S. The van der Waals surface area contributed by atoms with Crippen LogP contribution in [0.4, 0.5) is 5.69 Å². The molecule has 1 saturated heterocycles. The highest BCUT2D eigenvalue weighted by atomic mass is 127. The summed E-state index contributed by atoms with van der Waals surface area (Å²) >= 11 is 8.23. The van der Waals surface area contributed by atoms with Crippen LogP contribution >= 0.6 is 45.2 Å². The molecule has 0 radical (unpaired) electrons. The van der Waals surface area contributed by atoms with Gasteiger partial charge >= 0.3 is 0 Å². The predicted molar refractivity (Wildman–Crippen MR) is 142 cm³/mol. The topological polar surface area (TPSA) is 119 Å². The lowest BCUT2D eigenvalue weighted by Crippen LogP contribution is -2.63. The van der Waals surface area contributed by atoms with E-state index in [1.54, 1.807) is 22.5 Å². The summed E-state index contributed by atoms with van der Waals surface area (Å²) in [5.41, 5.74) is 6.08. The summed E-state index contributed by atoms with van der Waals surface area (Å²) in [7, 11) is -3.37. The van der Waals surface area contributed by atoms with E-state index in [1.807, 2.05) is 6.92 Å². The standard InChI is InChI=1S/C23H32ClIN4O4S/c1-13-10-28(34(32,33)29(11-13)19-3-2-17(24)6-18(19)25)12-20(30)27-21-15-4-14-5-16(21)9-23(7-14,8-15)22(26)31/h2-3,6,13-16,21,32-33H,4-5,7-12H2,1H3,(H2,26,31)(H,27,30). The minimum Gasteiger partial charge on any atom is -0.369 e. The maximum absolute atomic E-state index is 13.2. The van der Waals surface area contributed by atoms with E-state index in [-0.39, 0.29) is 42.2 Å². The van der Waals surface area contributed by atoms with Crippen molar-refractivity contribution in [3.05, 3.63) is 26.8 Å². The second kappa shape index (κ2) is 8.95. The molecule has 3 atom stereocenters. The van der Waals surface area contributed by atoms with Crippen molar-refractivity contribution in [2.24, 2.45) is 34.8 Å². The molecule has 1 aromatic carbocycles. The molecule has 8 nitrogen and oxygen atoms in total. The lowest BCUT2D eigenvalue weighted by atomic mass is 9.47. The van der Waals surface area contributed by atoms with E-state index in [4.69, 9.17) is 17.3 Å². The number of carbonyl (C=O) groups is 2. The van der Waals surface area contributed by atoms with Gasteiger partial charge in [-0.15, -0.1) is 0 Å². The Kier molecular flexibility index (Phi) is 6.55. The fourth-order valence-corrected chi connectivity index (χ4v) is 10.3. The first kappa shape index (κ1) is 24.9. The minimum atomic E-state index is -3.37. The van der Waals surface area contributed by atoms with Crippen LogP contribution in [0, 0.1) is 32.7 Å². The van der Waals surface area contributed by atoms with Gasteiger partial charge in [-0.05, 0) is 108 Å². The van der Waals surface area contributed by atoms with Crippen molar-refractivity contribution in [2.45, 2.75) is 45.1 Å². The highest BCUT2D eigenvalue weighted by Gasteiger charge is 2.58. The third kappa shape index (κ3) is 4.32. The summed E-state index contributed by atoms with van der Waals surface area (Å²) in [6, 6.07) is 5.33. The first-order valence-corrected chi connectivity index (χ1v) is 14.8. The van der Waals surface area contributed by atoms with Crippen molar-refractivity contribution >= 4 is 62.7 Å². The number of primary amides is 1. The fourth-order valence-electron chi connectivity index (χ4n) is 7.05. The molecule has 5 N–H and O–H groups in total. The number of nitrogens with zero attached hydrogens (tertiary/aromatic N) is 2. The second-order valence-corrected chi connectivity index (χ2v) is 14.3. The first-order chi connectivity index (χ1) is 16.0. The quantitative estimate of drug-likeness (QED) is 0.368. The van der Waals surface area contributed by atoms with Crippen LogP contribution in [0.5, 0.6) is 0 Å². The molecule has 1 aliphatic heterocycles. The van der Waals surface area contributed by atoms with Gasteiger partial charge in [-0.2, -0.15) is 4.31 Å². The molecule has 1 heterocycles. The fraction of sp³-hybridized carbons (Fsp3) is 0.652. The van der Waals surface area contributed by atoms with E-state index in [0.29, 0.717) is 29.7 Å². The predicted octanol–water partition coefficient (Wildman–Crippen LogP) is 4.08. The summed E-state index contributed by atoms with van der Waals surface area (Å²) in [6.07, 6.45) is 4.43. The monoisotopic (exact) mass is 622 g/mol. The average molecular weight is 623 g/mol. The maximum Gasteiger partial charge on any atom is 0.236 e. The summed E-state index contributed by atoms with van der Waals surface area (Å²) in [4.78, 5) is 25.4. The van der Waals surface area contributed by atoms with Crippen LogP contribution in [0.3, 0.4) is 0 Å². The summed E-state index contributed by atoms with van der Waals surface area (Å²) < 4.78 is 26.4. The molecule has 11 heteroatoms. The molecule has 1 aromatic rings. The Hall–Kier alpha value is -0.790. The molecule has 2 amide bonds. The summed E-state index contributed by atoms with van der Waals surface area (Å²) in [6.45, 7) is 2.84. The van der Waals surface area contributed by atoms with Crippen molar-refractivity contribution in [1.29, 1.82) is 0 Å². The highest BCUT2D eigenvalue weighted by molar-refractivity contribution is 14.1. The van der Waals surface area contributed by atoms with Crippen molar-refractivity contribution in [3.8, 4) is 0 Å². The van der Waals surface area contributed by atoms with Gasteiger partial charge in [-0.1, -0.05) is 18.5 Å². The van der Waals surface area contributed by atoms with Gasteiger partial charge < -0.3 is 11.1 Å². The summed E-state index contributed by atoms with van der Waals surface area (Å²) in [5.74, 6) is 0.778. The molecule has 0 aromatic heterocycles. The molecule has 3 unspecified atom stereocenters. The molecule has 5 fully saturated rings. The third-order valence-electron chi connectivity index (χ3n) is 8.26. The van der Waals surface area contributed by atoms with E-state index >= 15 is 0 Å². The Morgan fingerprint density at radius 3 is 2.53 bits per heavy atom. The molecule has 4 aliphatic carbocycles. The SMILES string of the molecule is CC1CN(CC(=O)NC2C3CC4CC2CC(C(N)=O)(C4)C3)S(O)(O)N(c2ccc(Cl)cc2I)C1. The van der Waals surface area contributed by atoms with Gasteiger partial charge in [0.15, 0.2) is 0 Å². The smallest absolute Gasteiger partial charge is 0.236 e. The molecule has 6 rings (SSSR count).